The van der Waals surface area contributed by atoms with E-state index in [2.05, 4.69) is 40.2 Å². The van der Waals surface area contributed by atoms with Gasteiger partial charge in [0.2, 0.25) is 5.91 Å². The van der Waals surface area contributed by atoms with Crippen LogP contribution < -0.4 is 0 Å². The maximum Gasteiger partial charge on any atom is 0.222 e. The van der Waals surface area contributed by atoms with Crippen LogP contribution in [0.3, 0.4) is 0 Å². The summed E-state index contributed by atoms with van der Waals surface area (Å²) in [5.74, 6) is 1.43. The van der Waals surface area contributed by atoms with Crippen LogP contribution in [-0.2, 0) is 22.4 Å². The highest BCUT2D eigenvalue weighted by atomic mass is 16.5. The molecular weight excluding hydrogens is 336 g/mol. The highest BCUT2D eigenvalue weighted by molar-refractivity contribution is 5.76. The number of benzene rings is 1. The number of aromatic amines is 1. The zero-order chi connectivity index (χ0) is 18.5. The molecule has 1 aromatic carbocycles. The maximum absolute atomic E-state index is 12.7. The quantitative estimate of drug-likeness (QED) is 0.772. The molecule has 27 heavy (non-hydrogen) atoms. The van der Waals surface area contributed by atoms with Gasteiger partial charge in [0.05, 0.1) is 6.10 Å². The van der Waals surface area contributed by atoms with E-state index >= 15 is 0 Å². The van der Waals surface area contributed by atoms with Gasteiger partial charge in [-0.2, -0.15) is 0 Å². The standard InChI is InChI=1S/C23H30N2O2/c26-23(11-10-21-7-4-13-24-21)25-14-12-22(27-17-19-8-9-19)20(16-25)15-18-5-2-1-3-6-18/h1-7,13,19-20,22,24H,8-12,14-17H2/t20-,22-/m1/s1. The van der Waals surface area contributed by atoms with Crippen LogP contribution in [0.1, 0.15) is 36.9 Å². The number of ether oxygens (including phenoxy) is 1. The summed E-state index contributed by atoms with van der Waals surface area (Å²) >= 11 is 0. The molecule has 4 heteroatoms. The first-order chi connectivity index (χ1) is 13.3. The van der Waals surface area contributed by atoms with Gasteiger partial charge in [0.25, 0.3) is 0 Å². The molecule has 2 aromatic rings. The number of hydrogen-bond donors (Lipinski definition) is 1. The lowest BCUT2D eigenvalue weighted by Crippen LogP contribution is -2.47. The van der Waals surface area contributed by atoms with Crippen molar-refractivity contribution >= 4 is 5.91 Å². The smallest absolute Gasteiger partial charge is 0.222 e. The topological polar surface area (TPSA) is 45.3 Å². The molecule has 1 saturated carbocycles. The van der Waals surface area contributed by atoms with Crippen molar-refractivity contribution in [3.63, 3.8) is 0 Å². The number of carbonyl (C=O) groups is 1. The number of piperidine rings is 1. The van der Waals surface area contributed by atoms with Crippen molar-refractivity contribution < 1.29 is 9.53 Å². The summed E-state index contributed by atoms with van der Waals surface area (Å²) in [7, 11) is 0. The zero-order valence-corrected chi connectivity index (χ0v) is 16.0. The van der Waals surface area contributed by atoms with Crippen LogP contribution in [0, 0.1) is 11.8 Å². The first-order valence-corrected chi connectivity index (χ1v) is 10.3. The second-order valence-corrected chi connectivity index (χ2v) is 8.09. The molecular formula is C23H30N2O2. The highest BCUT2D eigenvalue weighted by Gasteiger charge is 2.33. The number of aryl methyl sites for hydroxylation is 1. The number of likely N-dealkylation sites (tertiary alicyclic amines) is 1. The summed E-state index contributed by atoms with van der Waals surface area (Å²) in [6.07, 6.45) is 8.13. The lowest BCUT2D eigenvalue weighted by Gasteiger charge is -2.39. The van der Waals surface area contributed by atoms with Crippen molar-refractivity contribution in [3.8, 4) is 0 Å². The van der Waals surface area contributed by atoms with Crippen LogP contribution in [-0.4, -0.2) is 41.6 Å². The number of amides is 1. The lowest BCUT2D eigenvalue weighted by atomic mass is 9.88. The van der Waals surface area contributed by atoms with Gasteiger partial charge < -0.3 is 14.6 Å². The molecule has 1 aliphatic heterocycles. The third-order valence-electron chi connectivity index (χ3n) is 5.87. The molecule has 2 aliphatic rings. The molecule has 2 heterocycles. The third kappa shape index (κ3) is 5.23. The van der Waals surface area contributed by atoms with Crippen LogP contribution >= 0.6 is 0 Å². The Bertz CT molecular complexity index is 709. The summed E-state index contributed by atoms with van der Waals surface area (Å²) in [5, 5.41) is 0. The monoisotopic (exact) mass is 366 g/mol. The van der Waals surface area contributed by atoms with Crippen LogP contribution in [0.4, 0.5) is 0 Å². The second-order valence-electron chi connectivity index (χ2n) is 8.09. The number of nitrogens with one attached hydrogen (secondary N) is 1. The fourth-order valence-corrected chi connectivity index (χ4v) is 4.04. The van der Waals surface area contributed by atoms with E-state index in [4.69, 9.17) is 4.74 Å². The number of hydrogen-bond acceptors (Lipinski definition) is 2. The van der Waals surface area contributed by atoms with E-state index in [-0.39, 0.29) is 12.0 Å². The Hall–Kier alpha value is -2.07. The summed E-state index contributed by atoms with van der Waals surface area (Å²) in [5.41, 5.74) is 2.47. The van der Waals surface area contributed by atoms with Crippen LogP contribution in [0.15, 0.2) is 48.7 Å². The van der Waals surface area contributed by atoms with Gasteiger partial charge in [-0.3, -0.25) is 4.79 Å². The van der Waals surface area contributed by atoms with Gasteiger partial charge in [-0.1, -0.05) is 30.3 Å². The normalized spacial score (nSPS) is 22.7. The van der Waals surface area contributed by atoms with E-state index in [9.17, 15) is 4.79 Å². The highest BCUT2D eigenvalue weighted by Crippen LogP contribution is 2.32. The molecule has 144 valence electrons. The minimum atomic E-state index is 0.267. The van der Waals surface area contributed by atoms with E-state index in [0.717, 1.165) is 50.6 Å². The van der Waals surface area contributed by atoms with Crippen LogP contribution in [0.5, 0.6) is 0 Å². The number of nitrogens with zero attached hydrogens (tertiary/aromatic N) is 1. The number of H-pyrrole nitrogens is 1. The van der Waals surface area contributed by atoms with Gasteiger partial charge in [-0.05, 0) is 55.7 Å². The Balaban J connectivity index is 1.36. The minimum Gasteiger partial charge on any atom is -0.377 e. The summed E-state index contributed by atoms with van der Waals surface area (Å²) in [6.45, 7) is 2.54. The average Bonchev–Trinajstić information content (AvgIpc) is 3.38. The predicted molar refractivity (Wildman–Crippen MR) is 106 cm³/mol. The van der Waals surface area contributed by atoms with Crippen molar-refractivity contribution in [2.45, 2.75) is 44.6 Å². The second kappa shape index (κ2) is 8.75. The largest absolute Gasteiger partial charge is 0.377 e. The van der Waals surface area contributed by atoms with Crippen molar-refractivity contribution in [1.82, 2.24) is 9.88 Å². The van der Waals surface area contributed by atoms with Crippen molar-refractivity contribution in [3.05, 3.63) is 59.9 Å². The first-order valence-electron chi connectivity index (χ1n) is 10.3. The molecule has 0 bridgehead atoms. The molecule has 0 radical (unpaired) electrons. The van der Waals surface area contributed by atoms with E-state index in [1.165, 1.54) is 18.4 Å². The van der Waals surface area contributed by atoms with E-state index in [0.29, 0.717) is 12.3 Å². The van der Waals surface area contributed by atoms with Crippen LogP contribution in [0.2, 0.25) is 0 Å². The number of carbonyl (C=O) groups excluding carboxylic acids is 1. The van der Waals surface area contributed by atoms with E-state index < -0.39 is 0 Å². The summed E-state index contributed by atoms with van der Waals surface area (Å²) in [6, 6.07) is 14.6. The molecule has 0 spiro atoms. The van der Waals surface area contributed by atoms with Gasteiger partial charge in [-0.15, -0.1) is 0 Å². The molecule has 0 unspecified atom stereocenters. The van der Waals surface area contributed by atoms with Gasteiger partial charge in [0, 0.05) is 43.9 Å². The molecule has 1 saturated heterocycles. The van der Waals surface area contributed by atoms with Gasteiger partial charge in [0.1, 0.15) is 0 Å². The van der Waals surface area contributed by atoms with Crippen LogP contribution in [0.25, 0.3) is 0 Å². The Morgan fingerprint density at radius 2 is 1.96 bits per heavy atom. The molecule has 2 atom stereocenters. The summed E-state index contributed by atoms with van der Waals surface area (Å²) in [4.78, 5) is 18.0. The zero-order valence-electron chi connectivity index (χ0n) is 16.0. The van der Waals surface area contributed by atoms with E-state index in [1.807, 2.05) is 18.3 Å². The molecule has 4 nitrogen and oxygen atoms in total. The van der Waals surface area contributed by atoms with Gasteiger partial charge >= 0.3 is 0 Å². The van der Waals surface area contributed by atoms with Crippen molar-refractivity contribution in [2.75, 3.05) is 19.7 Å². The fraction of sp³-hybridized carbons (Fsp3) is 0.522. The van der Waals surface area contributed by atoms with Gasteiger partial charge in [-0.25, -0.2) is 0 Å². The molecule has 1 aliphatic carbocycles. The van der Waals surface area contributed by atoms with E-state index in [1.54, 1.807) is 0 Å². The maximum atomic E-state index is 12.7. The number of rotatable bonds is 8. The Morgan fingerprint density at radius 3 is 2.70 bits per heavy atom. The Morgan fingerprint density at radius 1 is 1.11 bits per heavy atom. The van der Waals surface area contributed by atoms with Gasteiger partial charge in [0.15, 0.2) is 0 Å². The first kappa shape index (κ1) is 18.3. The number of aromatic nitrogens is 1. The molecule has 4 rings (SSSR count). The fourth-order valence-electron chi connectivity index (χ4n) is 4.04. The molecule has 2 fully saturated rings. The minimum absolute atomic E-state index is 0.267. The summed E-state index contributed by atoms with van der Waals surface area (Å²) < 4.78 is 6.30. The predicted octanol–water partition coefficient (Wildman–Crippen LogP) is 3.83. The Kier molecular flexibility index (Phi) is 5.93. The molecule has 1 N–H and O–H groups in total. The van der Waals surface area contributed by atoms with Crippen molar-refractivity contribution in [2.24, 2.45) is 11.8 Å². The SMILES string of the molecule is O=C(CCc1ccc[nH]1)N1CC[C@@H](OCC2CC2)[C@H](Cc2ccccc2)C1. The lowest BCUT2D eigenvalue weighted by molar-refractivity contribution is -0.136. The average molecular weight is 367 g/mol. The third-order valence-corrected chi connectivity index (χ3v) is 5.87. The Labute approximate surface area is 161 Å². The van der Waals surface area contributed by atoms with Crippen molar-refractivity contribution in [1.29, 1.82) is 0 Å². The molecule has 1 aromatic heterocycles. The molecule has 1 amide bonds.